The van der Waals surface area contributed by atoms with Gasteiger partial charge in [-0.1, -0.05) is 18.2 Å². The molecule has 2 aromatic carbocycles. The highest BCUT2D eigenvalue weighted by Gasteiger charge is 2.51. The van der Waals surface area contributed by atoms with Crippen molar-refractivity contribution >= 4 is 16.8 Å². The number of H-pyrrole nitrogens is 1. The van der Waals surface area contributed by atoms with Crippen molar-refractivity contribution in [2.45, 2.75) is 64.0 Å². The summed E-state index contributed by atoms with van der Waals surface area (Å²) in [5, 5.41) is 10.9. The summed E-state index contributed by atoms with van der Waals surface area (Å²) in [7, 11) is 0. The van der Waals surface area contributed by atoms with Crippen molar-refractivity contribution in [3.63, 3.8) is 0 Å². The van der Waals surface area contributed by atoms with Crippen LogP contribution in [0.4, 0.5) is 0 Å². The van der Waals surface area contributed by atoms with Crippen LogP contribution in [-0.2, 0) is 11.3 Å². The number of likely N-dealkylation sites (tertiary alicyclic amines) is 2. The number of rotatable bonds is 5. The van der Waals surface area contributed by atoms with Gasteiger partial charge in [0.15, 0.2) is 0 Å². The quantitative estimate of drug-likeness (QED) is 0.430. The number of nitrogens with one attached hydrogen (secondary N) is 1. The van der Waals surface area contributed by atoms with Gasteiger partial charge in [0.05, 0.1) is 24.7 Å². The maximum absolute atomic E-state index is 13.2. The molecule has 0 bridgehead atoms. The van der Waals surface area contributed by atoms with Crippen LogP contribution in [0.15, 0.2) is 42.6 Å². The summed E-state index contributed by atoms with van der Waals surface area (Å²) in [6, 6.07) is 16.0. The molecule has 4 heterocycles. The van der Waals surface area contributed by atoms with Gasteiger partial charge in [0.1, 0.15) is 0 Å². The highest BCUT2D eigenvalue weighted by molar-refractivity contribution is 5.95. The van der Waals surface area contributed by atoms with Crippen LogP contribution < -0.4 is 0 Å². The average Bonchev–Trinajstić information content (AvgIpc) is 3.62. The van der Waals surface area contributed by atoms with Crippen molar-refractivity contribution in [1.29, 1.82) is 5.26 Å². The number of carbonyl (C=O) groups excluding carboxylic acids is 1. The van der Waals surface area contributed by atoms with Gasteiger partial charge in [-0.2, -0.15) is 5.26 Å². The lowest BCUT2D eigenvalue weighted by Gasteiger charge is -2.55. The third-order valence-electron chi connectivity index (χ3n) is 10.8. The van der Waals surface area contributed by atoms with E-state index in [2.05, 4.69) is 53.3 Å². The molecule has 2 saturated carbocycles. The molecule has 3 saturated heterocycles. The lowest BCUT2D eigenvalue weighted by atomic mass is 9.56. The number of ether oxygens (including phenoxy) is 1. The summed E-state index contributed by atoms with van der Waals surface area (Å²) in [4.78, 5) is 21.3. The topological polar surface area (TPSA) is 72.4 Å². The zero-order chi connectivity index (χ0) is 27.1. The van der Waals surface area contributed by atoms with E-state index in [-0.39, 0.29) is 22.7 Å². The van der Waals surface area contributed by atoms with Crippen LogP contribution in [-0.4, -0.2) is 53.5 Å². The van der Waals surface area contributed by atoms with Gasteiger partial charge < -0.3 is 14.6 Å². The summed E-state index contributed by atoms with van der Waals surface area (Å²) in [5.41, 5.74) is 8.25. The van der Waals surface area contributed by atoms with Gasteiger partial charge in [-0.15, -0.1) is 0 Å². The van der Waals surface area contributed by atoms with E-state index in [1.807, 2.05) is 17.0 Å². The van der Waals surface area contributed by atoms with Gasteiger partial charge in [0, 0.05) is 54.3 Å². The molecule has 206 valence electrons. The number of aromatic nitrogens is 1. The van der Waals surface area contributed by atoms with Crippen LogP contribution >= 0.6 is 0 Å². The lowest BCUT2D eigenvalue weighted by Crippen LogP contribution is -2.67. The summed E-state index contributed by atoms with van der Waals surface area (Å²) in [5.74, 6) is 1.05. The molecule has 3 aromatic rings. The Morgan fingerprint density at radius 3 is 2.55 bits per heavy atom. The number of aromatic amines is 1. The van der Waals surface area contributed by atoms with E-state index in [0.29, 0.717) is 12.0 Å². The van der Waals surface area contributed by atoms with Gasteiger partial charge in [0.2, 0.25) is 0 Å². The second-order valence-corrected chi connectivity index (χ2v) is 13.8. The Morgan fingerprint density at radius 1 is 1.10 bits per heavy atom. The van der Waals surface area contributed by atoms with E-state index >= 15 is 0 Å². The maximum Gasteiger partial charge on any atom is 0.253 e. The highest BCUT2D eigenvalue weighted by Crippen LogP contribution is 2.57. The Balaban J connectivity index is 1.08. The Kier molecular flexibility index (Phi) is 5.50. The van der Waals surface area contributed by atoms with Gasteiger partial charge in [0.25, 0.3) is 5.91 Å². The van der Waals surface area contributed by atoms with E-state index in [9.17, 15) is 10.1 Å². The molecule has 3 aliphatic heterocycles. The highest BCUT2D eigenvalue weighted by atomic mass is 16.5. The summed E-state index contributed by atoms with van der Waals surface area (Å²) < 4.78 is 5.38. The molecule has 1 amide bonds. The van der Waals surface area contributed by atoms with Crippen LogP contribution in [0.5, 0.6) is 0 Å². The first kappa shape index (κ1) is 24.6. The van der Waals surface area contributed by atoms with Crippen molar-refractivity contribution < 1.29 is 9.53 Å². The molecular formula is C34H38N4O2. The SMILES string of the molecule is Cc1cc(C2CC2)c(CN2CCC3(CC(C#N)C3)C[C@H]2c2ccc(C(=O)N3CC4(COC4)C3)cc2)c2cc[nH]c12. The fourth-order valence-corrected chi connectivity index (χ4v) is 8.29. The van der Waals surface area contributed by atoms with Crippen LogP contribution in [0.25, 0.3) is 10.9 Å². The van der Waals surface area contributed by atoms with Crippen molar-refractivity contribution in [3.05, 3.63) is 70.4 Å². The minimum absolute atomic E-state index is 0.139. The fourth-order valence-electron chi connectivity index (χ4n) is 8.29. The minimum Gasteiger partial charge on any atom is -0.380 e. The van der Waals surface area contributed by atoms with Crippen LogP contribution in [0.1, 0.15) is 83.1 Å². The zero-order valence-corrected chi connectivity index (χ0v) is 23.4. The fraction of sp³-hybridized carbons (Fsp3) is 0.529. The molecule has 40 heavy (non-hydrogen) atoms. The summed E-state index contributed by atoms with van der Waals surface area (Å²) in [6.45, 7) is 7.44. The second kappa shape index (κ2) is 8.93. The first-order valence-electron chi connectivity index (χ1n) is 15.2. The van der Waals surface area contributed by atoms with Gasteiger partial charge in [-0.05, 0) is 104 Å². The predicted octanol–water partition coefficient (Wildman–Crippen LogP) is 6.08. The van der Waals surface area contributed by atoms with Crippen LogP contribution in [0.3, 0.4) is 0 Å². The molecule has 2 aliphatic carbocycles. The molecular weight excluding hydrogens is 496 g/mol. The van der Waals surface area contributed by atoms with Crippen molar-refractivity contribution in [1.82, 2.24) is 14.8 Å². The molecule has 2 spiro atoms. The molecule has 0 unspecified atom stereocenters. The Morgan fingerprint density at radius 2 is 1.88 bits per heavy atom. The van der Waals surface area contributed by atoms with Gasteiger partial charge >= 0.3 is 0 Å². The lowest BCUT2D eigenvalue weighted by molar-refractivity contribution is -0.176. The average molecular weight is 535 g/mol. The van der Waals surface area contributed by atoms with Gasteiger partial charge in [-0.3, -0.25) is 9.69 Å². The monoisotopic (exact) mass is 534 g/mol. The minimum atomic E-state index is 0.139. The normalized spacial score (nSPS) is 29.1. The predicted molar refractivity (Wildman–Crippen MR) is 154 cm³/mol. The number of nitriles is 1. The molecule has 6 heteroatoms. The molecule has 5 fully saturated rings. The number of hydrogen-bond acceptors (Lipinski definition) is 4. The Labute approximate surface area is 236 Å². The van der Waals surface area contributed by atoms with Crippen molar-refractivity contribution in [2.24, 2.45) is 16.7 Å². The molecule has 5 aliphatic rings. The molecule has 1 atom stereocenters. The third kappa shape index (κ3) is 3.93. The Bertz CT molecular complexity index is 1510. The maximum atomic E-state index is 13.2. The molecule has 8 rings (SSSR count). The third-order valence-corrected chi connectivity index (χ3v) is 10.8. The standard InChI is InChI=1S/C34H38N4O2/c1-22-12-28(24-2-3-24)29(27-8-10-36-31(22)27)17-37-11-9-33(13-23(14-33)16-35)15-30(37)25-4-6-26(7-5-25)32(39)38-18-34(19-38)20-40-21-34/h4-8,10,12,23-24,30,36H,2-3,9,11,13-15,17-21H2,1H3/t23?,30-,33?/m0/s1. The number of aryl methyl sites for hydroxylation is 1. The number of carbonyl (C=O) groups is 1. The molecule has 1 aromatic heterocycles. The number of fused-ring (bicyclic) bond motifs is 1. The number of hydrogen-bond donors (Lipinski definition) is 1. The summed E-state index contributed by atoms with van der Waals surface area (Å²) in [6.07, 6.45) is 9.00. The van der Waals surface area contributed by atoms with E-state index in [1.54, 1.807) is 5.56 Å². The number of nitrogens with zero attached hydrogens (tertiary/aromatic N) is 3. The van der Waals surface area contributed by atoms with Crippen LogP contribution in [0.2, 0.25) is 0 Å². The second-order valence-electron chi connectivity index (χ2n) is 13.8. The molecule has 6 nitrogen and oxygen atoms in total. The van der Waals surface area contributed by atoms with Crippen molar-refractivity contribution in [3.8, 4) is 6.07 Å². The number of benzene rings is 2. The molecule has 0 radical (unpaired) electrons. The van der Waals surface area contributed by atoms with E-state index in [0.717, 1.165) is 64.2 Å². The van der Waals surface area contributed by atoms with Crippen LogP contribution in [0, 0.1) is 35.0 Å². The first-order valence-corrected chi connectivity index (χ1v) is 15.2. The van der Waals surface area contributed by atoms with Crippen molar-refractivity contribution in [2.75, 3.05) is 32.8 Å². The number of piperidine rings is 1. The summed E-state index contributed by atoms with van der Waals surface area (Å²) >= 11 is 0. The van der Waals surface area contributed by atoms with E-state index in [1.165, 1.54) is 46.9 Å². The van der Waals surface area contributed by atoms with E-state index in [4.69, 9.17) is 4.74 Å². The number of amides is 1. The van der Waals surface area contributed by atoms with E-state index < -0.39 is 0 Å². The van der Waals surface area contributed by atoms with Gasteiger partial charge in [-0.25, -0.2) is 0 Å². The largest absolute Gasteiger partial charge is 0.380 e. The first-order chi connectivity index (χ1) is 19.4. The smallest absolute Gasteiger partial charge is 0.253 e. The molecule has 1 N–H and O–H groups in total. The zero-order valence-electron chi connectivity index (χ0n) is 23.4. The Hall–Kier alpha value is -3.14.